The molecule has 28 heavy (non-hydrogen) atoms. The average molecular weight is 407 g/mol. The zero-order chi connectivity index (χ0) is 20.1. The highest BCUT2D eigenvalue weighted by Gasteiger charge is 2.27. The molecule has 152 valence electrons. The number of carbonyl (C=O) groups is 1. The Hall–Kier alpha value is -2.39. The van der Waals surface area contributed by atoms with Gasteiger partial charge >= 0.3 is 5.97 Å². The van der Waals surface area contributed by atoms with Crippen LogP contribution in [0, 0.1) is 10.8 Å². The van der Waals surface area contributed by atoms with E-state index in [2.05, 4.69) is 10.00 Å². The molecule has 0 amide bonds. The number of methoxy groups -OCH3 is 2. The summed E-state index contributed by atoms with van der Waals surface area (Å²) in [4.78, 5) is 14.4. The zero-order valence-corrected chi connectivity index (χ0v) is 17.2. The van der Waals surface area contributed by atoms with E-state index in [1.165, 1.54) is 0 Å². The van der Waals surface area contributed by atoms with E-state index in [4.69, 9.17) is 30.8 Å². The Morgan fingerprint density at radius 2 is 2.18 bits per heavy atom. The van der Waals surface area contributed by atoms with Crippen molar-refractivity contribution in [2.75, 3.05) is 33.9 Å². The van der Waals surface area contributed by atoms with Crippen LogP contribution in [0.1, 0.15) is 19.8 Å². The molecule has 1 aliphatic heterocycles. The summed E-state index contributed by atoms with van der Waals surface area (Å²) < 4.78 is 23.1. The molecule has 1 aromatic heterocycles. The van der Waals surface area contributed by atoms with Crippen molar-refractivity contribution in [2.45, 2.75) is 26.4 Å². The predicted octanol–water partition coefficient (Wildman–Crippen LogP) is 3.12. The van der Waals surface area contributed by atoms with Crippen LogP contribution >= 0.6 is 12.2 Å². The van der Waals surface area contributed by atoms with E-state index in [0.29, 0.717) is 42.8 Å². The SMILES string of the molecule is CCOC(=O)[C@@H]1CCCN(Cn2nc(-c3ccc(OC)cc3OC)oc2=S)C1. The van der Waals surface area contributed by atoms with Crippen molar-refractivity contribution in [1.82, 2.24) is 14.7 Å². The Kier molecular flexibility index (Phi) is 6.69. The van der Waals surface area contributed by atoms with Gasteiger partial charge in [0.1, 0.15) is 11.5 Å². The number of aromatic nitrogens is 2. The van der Waals surface area contributed by atoms with Crippen molar-refractivity contribution in [3.63, 3.8) is 0 Å². The number of rotatable bonds is 7. The summed E-state index contributed by atoms with van der Waals surface area (Å²) in [5.41, 5.74) is 0.691. The molecular formula is C19H25N3O5S. The predicted molar refractivity (Wildman–Crippen MR) is 105 cm³/mol. The summed E-state index contributed by atoms with van der Waals surface area (Å²) in [6, 6.07) is 5.39. The number of nitrogens with zero attached hydrogens (tertiary/aromatic N) is 3. The minimum Gasteiger partial charge on any atom is -0.497 e. The molecule has 0 N–H and O–H groups in total. The summed E-state index contributed by atoms with van der Waals surface area (Å²) >= 11 is 5.34. The minimum atomic E-state index is -0.139. The fourth-order valence-electron chi connectivity index (χ4n) is 3.31. The standard InChI is InChI=1S/C19H25N3O5S/c1-4-26-18(23)13-6-5-9-21(11-13)12-22-19(28)27-17(20-22)15-8-7-14(24-2)10-16(15)25-3/h7-8,10,13H,4-6,9,11-12H2,1-3H3/t13-/m1/s1. The van der Waals surface area contributed by atoms with Crippen molar-refractivity contribution < 1.29 is 23.4 Å². The third-order valence-electron chi connectivity index (χ3n) is 4.70. The van der Waals surface area contributed by atoms with Gasteiger partial charge in [-0.2, -0.15) is 0 Å². The van der Waals surface area contributed by atoms with Crippen LogP contribution in [-0.4, -0.2) is 54.6 Å². The molecule has 1 fully saturated rings. The molecule has 8 nitrogen and oxygen atoms in total. The van der Waals surface area contributed by atoms with Crippen LogP contribution in [0.5, 0.6) is 11.5 Å². The van der Waals surface area contributed by atoms with Crippen LogP contribution in [0.25, 0.3) is 11.5 Å². The second-order valence-corrected chi connectivity index (χ2v) is 6.90. The topological polar surface area (TPSA) is 79.0 Å². The van der Waals surface area contributed by atoms with Crippen molar-refractivity contribution in [1.29, 1.82) is 0 Å². The van der Waals surface area contributed by atoms with Crippen molar-refractivity contribution in [3.8, 4) is 23.0 Å². The van der Waals surface area contributed by atoms with Gasteiger partial charge in [-0.25, -0.2) is 4.68 Å². The first kappa shape index (κ1) is 20.3. The number of hydrogen-bond acceptors (Lipinski definition) is 8. The summed E-state index contributed by atoms with van der Waals surface area (Å²) in [6.45, 7) is 4.16. The normalized spacial score (nSPS) is 17.3. The van der Waals surface area contributed by atoms with Gasteiger partial charge < -0.3 is 18.6 Å². The summed E-state index contributed by atoms with van der Waals surface area (Å²) in [7, 11) is 3.17. The number of piperidine rings is 1. The van der Waals surface area contributed by atoms with E-state index in [0.717, 1.165) is 19.4 Å². The lowest BCUT2D eigenvalue weighted by Crippen LogP contribution is -2.40. The Labute approximate surface area is 169 Å². The Balaban J connectivity index is 1.76. The molecule has 1 atom stereocenters. The van der Waals surface area contributed by atoms with Crippen LogP contribution in [0.3, 0.4) is 0 Å². The number of benzene rings is 1. The number of esters is 1. The number of hydrogen-bond donors (Lipinski definition) is 0. The van der Waals surface area contributed by atoms with Gasteiger partial charge in [0, 0.05) is 12.6 Å². The first-order chi connectivity index (χ1) is 13.5. The second kappa shape index (κ2) is 9.20. The Bertz CT molecular complexity index is 879. The molecule has 0 saturated carbocycles. The highest BCUT2D eigenvalue weighted by atomic mass is 32.1. The molecule has 0 aliphatic carbocycles. The largest absolute Gasteiger partial charge is 0.497 e. The smallest absolute Gasteiger partial charge is 0.310 e. The molecule has 3 rings (SSSR count). The first-order valence-corrected chi connectivity index (χ1v) is 9.65. The third kappa shape index (κ3) is 4.53. The highest BCUT2D eigenvalue weighted by molar-refractivity contribution is 7.71. The molecule has 0 radical (unpaired) electrons. The molecule has 0 bridgehead atoms. The Morgan fingerprint density at radius 3 is 2.89 bits per heavy atom. The molecule has 1 saturated heterocycles. The lowest BCUT2D eigenvalue weighted by atomic mass is 9.99. The van der Waals surface area contributed by atoms with Crippen molar-refractivity contribution in [2.24, 2.45) is 5.92 Å². The quantitative estimate of drug-likeness (QED) is 0.512. The van der Waals surface area contributed by atoms with Crippen LogP contribution in [0.2, 0.25) is 0 Å². The van der Waals surface area contributed by atoms with Gasteiger partial charge in [-0.15, -0.1) is 5.10 Å². The van der Waals surface area contributed by atoms with Crippen LogP contribution in [0.4, 0.5) is 0 Å². The van der Waals surface area contributed by atoms with E-state index < -0.39 is 0 Å². The van der Waals surface area contributed by atoms with Gasteiger partial charge in [-0.1, -0.05) is 0 Å². The maximum atomic E-state index is 12.0. The number of carbonyl (C=O) groups excluding carboxylic acids is 1. The minimum absolute atomic E-state index is 0.115. The first-order valence-electron chi connectivity index (χ1n) is 9.25. The maximum Gasteiger partial charge on any atom is 0.310 e. The highest BCUT2D eigenvalue weighted by Crippen LogP contribution is 2.32. The summed E-state index contributed by atoms with van der Waals surface area (Å²) in [5, 5.41) is 4.51. The van der Waals surface area contributed by atoms with Crippen molar-refractivity contribution in [3.05, 3.63) is 23.0 Å². The third-order valence-corrected chi connectivity index (χ3v) is 5.00. The maximum absolute atomic E-state index is 12.0. The van der Waals surface area contributed by atoms with Gasteiger partial charge in [0.25, 0.3) is 10.7 Å². The van der Waals surface area contributed by atoms with Gasteiger partial charge in [0.2, 0.25) is 0 Å². The van der Waals surface area contributed by atoms with Gasteiger partial charge in [0.15, 0.2) is 0 Å². The molecule has 9 heteroatoms. The van der Waals surface area contributed by atoms with E-state index in [9.17, 15) is 4.79 Å². The van der Waals surface area contributed by atoms with Gasteiger partial charge in [-0.05, 0) is 50.7 Å². The Morgan fingerprint density at radius 1 is 1.36 bits per heavy atom. The van der Waals surface area contributed by atoms with Crippen LogP contribution in [0.15, 0.2) is 22.6 Å². The molecule has 1 aromatic carbocycles. The zero-order valence-electron chi connectivity index (χ0n) is 16.3. The van der Waals surface area contributed by atoms with Gasteiger partial charge in [0.05, 0.1) is 39.0 Å². The lowest BCUT2D eigenvalue weighted by molar-refractivity contribution is -0.150. The van der Waals surface area contributed by atoms with Crippen LogP contribution in [-0.2, 0) is 16.2 Å². The van der Waals surface area contributed by atoms with E-state index in [1.54, 1.807) is 25.0 Å². The number of ether oxygens (including phenoxy) is 3. The number of likely N-dealkylation sites (tertiary alicyclic amines) is 1. The summed E-state index contributed by atoms with van der Waals surface area (Å²) in [6.07, 6.45) is 1.77. The molecule has 2 aromatic rings. The average Bonchev–Trinajstić information content (AvgIpc) is 3.07. The lowest BCUT2D eigenvalue weighted by Gasteiger charge is -2.30. The molecule has 1 aliphatic rings. The van der Waals surface area contributed by atoms with Gasteiger partial charge in [-0.3, -0.25) is 9.69 Å². The van der Waals surface area contributed by atoms with E-state index in [1.807, 2.05) is 19.1 Å². The molecule has 0 spiro atoms. The molecule has 0 unspecified atom stereocenters. The molecule has 2 heterocycles. The van der Waals surface area contributed by atoms with Crippen molar-refractivity contribution >= 4 is 18.2 Å². The van der Waals surface area contributed by atoms with Crippen LogP contribution < -0.4 is 9.47 Å². The fraction of sp³-hybridized carbons (Fsp3) is 0.526. The second-order valence-electron chi connectivity index (χ2n) is 6.55. The van der Waals surface area contributed by atoms with E-state index in [-0.39, 0.29) is 16.7 Å². The molecular weight excluding hydrogens is 382 g/mol. The summed E-state index contributed by atoms with van der Waals surface area (Å²) in [5.74, 6) is 1.39. The fourth-order valence-corrected chi connectivity index (χ4v) is 3.48. The van der Waals surface area contributed by atoms with E-state index >= 15 is 0 Å². The monoisotopic (exact) mass is 407 g/mol.